The molecule has 3 rings (SSSR count). The molecule has 2 nitrogen and oxygen atoms in total. The zero-order valence-electron chi connectivity index (χ0n) is 11.4. The van der Waals surface area contributed by atoms with Crippen LogP contribution >= 0.6 is 0 Å². The van der Waals surface area contributed by atoms with Gasteiger partial charge < -0.3 is 5.11 Å². The first-order chi connectivity index (χ1) is 9.70. The maximum absolute atomic E-state index is 11.7. The Bertz CT molecular complexity index is 544. The third-order valence-corrected chi connectivity index (χ3v) is 4.56. The maximum Gasteiger partial charge on any atom is 0.307 e. The van der Waals surface area contributed by atoms with E-state index < -0.39 is 5.97 Å². The predicted molar refractivity (Wildman–Crippen MR) is 78.7 cm³/mol. The Morgan fingerprint density at radius 3 is 1.60 bits per heavy atom. The first-order valence-electron chi connectivity index (χ1n) is 7.03. The summed E-state index contributed by atoms with van der Waals surface area (Å²) in [5, 5.41) is 9.61. The molecule has 1 aliphatic rings. The van der Waals surface area contributed by atoms with Crippen molar-refractivity contribution in [1.82, 2.24) is 0 Å². The van der Waals surface area contributed by atoms with Gasteiger partial charge in [0.25, 0.3) is 0 Å². The molecular weight excluding hydrogens is 248 g/mol. The van der Waals surface area contributed by atoms with Gasteiger partial charge in [0, 0.05) is 11.8 Å². The lowest BCUT2D eigenvalue weighted by Gasteiger charge is -2.49. The molecule has 0 aromatic heterocycles. The summed E-state index contributed by atoms with van der Waals surface area (Å²) in [6.45, 7) is 2.16. The minimum absolute atomic E-state index is 0.110. The van der Waals surface area contributed by atoms with E-state index in [4.69, 9.17) is 0 Å². The smallest absolute Gasteiger partial charge is 0.307 e. The van der Waals surface area contributed by atoms with E-state index in [2.05, 4.69) is 6.92 Å². The summed E-state index contributed by atoms with van der Waals surface area (Å²) in [6.07, 6.45) is 0. The van der Waals surface area contributed by atoms with E-state index in [0.717, 1.165) is 11.1 Å². The third kappa shape index (κ3) is 2.01. The Morgan fingerprint density at radius 2 is 1.25 bits per heavy atom. The van der Waals surface area contributed by atoms with Crippen molar-refractivity contribution in [2.75, 3.05) is 0 Å². The van der Waals surface area contributed by atoms with Crippen LogP contribution in [0.5, 0.6) is 0 Å². The van der Waals surface area contributed by atoms with Crippen molar-refractivity contribution in [3.05, 3.63) is 71.8 Å². The first kappa shape index (κ1) is 12.9. The number of hydrogen-bond donors (Lipinski definition) is 1. The predicted octanol–water partition coefficient (Wildman–Crippen LogP) is 3.90. The lowest BCUT2D eigenvalue weighted by Crippen LogP contribution is -2.46. The van der Waals surface area contributed by atoms with Crippen LogP contribution in [0.3, 0.4) is 0 Å². The number of carboxylic acids is 1. The molecule has 0 spiro atoms. The summed E-state index contributed by atoms with van der Waals surface area (Å²) in [6, 6.07) is 20.0. The Balaban J connectivity index is 1.94. The highest BCUT2D eigenvalue weighted by Crippen LogP contribution is 2.57. The first-order valence-corrected chi connectivity index (χ1v) is 7.03. The van der Waals surface area contributed by atoms with E-state index in [-0.39, 0.29) is 17.8 Å². The maximum atomic E-state index is 11.7. The molecule has 0 radical (unpaired) electrons. The van der Waals surface area contributed by atoms with Gasteiger partial charge in [-0.15, -0.1) is 0 Å². The lowest BCUT2D eigenvalue weighted by molar-refractivity contribution is -0.149. The summed E-state index contributed by atoms with van der Waals surface area (Å²) < 4.78 is 0. The molecule has 2 aromatic carbocycles. The van der Waals surface area contributed by atoms with Gasteiger partial charge in [0.15, 0.2) is 0 Å². The molecule has 2 heteroatoms. The largest absolute Gasteiger partial charge is 0.481 e. The molecule has 0 bridgehead atoms. The van der Waals surface area contributed by atoms with Gasteiger partial charge in [-0.2, -0.15) is 0 Å². The zero-order valence-corrected chi connectivity index (χ0v) is 11.4. The van der Waals surface area contributed by atoms with Gasteiger partial charge in [-0.3, -0.25) is 4.79 Å². The Morgan fingerprint density at radius 1 is 0.850 bits per heavy atom. The van der Waals surface area contributed by atoms with Gasteiger partial charge in [-0.1, -0.05) is 67.6 Å². The Kier molecular flexibility index (Phi) is 3.31. The average Bonchev–Trinajstić information content (AvgIpc) is 2.46. The summed E-state index contributed by atoms with van der Waals surface area (Å²) in [4.78, 5) is 11.7. The lowest BCUT2D eigenvalue weighted by atomic mass is 9.53. The molecule has 1 aliphatic carbocycles. The average molecular weight is 266 g/mol. The van der Waals surface area contributed by atoms with E-state index >= 15 is 0 Å². The van der Waals surface area contributed by atoms with Crippen molar-refractivity contribution in [3.63, 3.8) is 0 Å². The van der Waals surface area contributed by atoms with E-state index in [9.17, 15) is 9.90 Å². The second-order valence-corrected chi connectivity index (χ2v) is 5.60. The van der Waals surface area contributed by atoms with Crippen LogP contribution in [0.25, 0.3) is 0 Å². The van der Waals surface area contributed by atoms with Gasteiger partial charge in [-0.05, 0) is 17.0 Å². The summed E-state index contributed by atoms with van der Waals surface area (Å²) in [7, 11) is 0. The number of carbonyl (C=O) groups is 1. The zero-order chi connectivity index (χ0) is 14.1. The molecule has 102 valence electrons. The fraction of sp³-hybridized carbons (Fsp3) is 0.278. The van der Waals surface area contributed by atoms with Crippen LogP contribution in [0.4, 0.5) is 0 Å². The summed E-state index contributed by atoms with van der Waals surface area (Å²) in [5.41, 5.74) is 2.28. The number of hydrogen-bond acceptors (Lipinski definition) is 1. The molecule has 0 amide bonds. The standard InChI is InChI=1S/C18H18O2/c1-12-15(13-8-4-2-5-9-13)17(18(19)20)16(12)14-10-6-3-7-11-14/h2-12,15-17H,1H3,(H,19,20)/t12-,15-,16?,17+/m1/s1. The molecule has 20 heavy (non-hydrogen) atoms. The summed E-state index contributed by atoms with van der Waals surface area (Å²) in [5.74, 6) is -0.445. The van der Waals surface area contributed by atoms with Crippen LogP contribution in [-0.4, -0.2) is 11.1 Å². The van der Waals surface area contributed by atoms with Crippen molar-refractivity contribution in [2.24, 2.45) is 11.8 Å². The summed E-state index contributed by atoms with van der Waals surface area (Å²) >= 11 is 0. The van der Waals surface area contributed by atoms with Crippen LogP contribution in [0.2, 0.25) is 0 Å². The SMILES string of the molecule is C[C@H]1C(c2ccccc2)[C@@H](C(=O)O)[C@H]1c1ccccc1. The van der Waals surface area contributed by atoms with Gasteiger partial charge in [0.2, 0.25) is 0 Å². The van der Waals surface area contributed by atoms with Crippen molar-refractivity contribution in [3.8, 4) is 0 Å². The van der Waals surface area contributed by atoms with E-state index in [1.807, 2.05) is 60.7 Å². The Hall–Kier alpha value is -2.09. The molecular formula is C18H18O2. The number of rotatable bonds is 3. The highest BCUT2D eigenvalue weighted by Gasteiger charge is 2.52. The second-order valence-electron chi connectivity index (χ2n) is 5.60. The van der Waals surface area contributed by atoms with Crippen LogP contribution in [0, 0.1) is 11.8 Å². The van der Waals surface area contributed by atoms with Gasteiger partial charge in [0.05, 0.1) is 5.92 Å². The molecule has 1 unspecified atom stereocenters. The fourth-order valence-electron chi connectivity index (χ4n) is 3.63. The number of carboxylic acid groups (broad SMARTS) is 1. The van der Waals surface area contributed by atoms with Crippen LogP contribution in [0.15, 0.2) is 60.7 Å². The number of aliphatic carboxylic acids is 1. The van der Waals surface area contributed by atoms with Crippen molar-refractivity contribution in [1.29, 1.82) is 0 Å². The molecule has 1 fully saturated rings. The molecule has 0 heterocycles. The van der Waals surface area contributed by atoms with Gasteiger partial charge in [0.1, 0.15) is 0 Å². The van der Waals surface area contributed by atoms with Crippen LogP contribution in [0.1, 0.15) is 29.9 Å². The molecule has 0 aliphatic heterocycles. The third-order valence-electron chi connectivity index (χ3n) is 4.56. The van der Waals surface area contributed by atoms with E-state index in [0.29, 0.717) is 5.92 Å². The van der Waals surface area contributed by atoms with Crippen molar-refractivity contribution < 1.29 is 9.90 Å². The normalized spacial score (nSPS) is 28.6. The molecule has 0 saturated heterocycles. The van der Waals surface area contributed by atoms with E-state index in [1.54, 1.807) is 0 Å². The van der Waals surface area contributed by atoms with Gasteiger partial charge >= 0.3 is 5.97 Å². The molecule has 4 atom stereocenters. The van der Waals surface area contributed by atoms with E-state index in [1.165, 1.54) is 0 Å². The molecule has 2 aromatic rings. The highest BCUT2D eigenvalue weighted by molar-refractivity contribution is 5.75. The highest BCUT2D eigenvalue weighted by atomic mass is 16.4. The van der Waals surface area contributed by atoms with Gasteiger partial charge in [-0.25, -0.2) is 0 Å². The molecule has 1 N–H and O–H groups in total. The fourth-order valence-corrected chi connectivity index (χ4v) is 3.63. The minimum atomic E-state index is -0.689. The quantitative estimate of drug-likeness (QED) is 0.914. The monoisotopic (exact) mass is 266 g/mol. The van der Waals surface area contributed by atoms with Crippen LogP contribution in [-0.2, 0) is 4.79 Å². The van der Waals surface area contributed by atoms with Crippen molar-refractivity contribution >= 4 is 5.97 Å². The Labute approximate surface area is 119 Å². The topological polar surface area (TPSA) is 37.3 Å². The van der Waals surface area contributed by atoms with Crippen LogP contribution < -0.4 is 0 Å². The minimum Gasteiger partial charge on any atom is -0.481 e. The number of benzene rings is 2. The molecule has 1 saturated carbocycles. The van der Waals surface area contributed by atoms with Crippen molar-refractivity contribution in [2.45, 2.75) is 18.8 Å². The second kappa shape index (κ2) is 5.12.